The maximum Gasteiger partial charge on any atom is 0.269 e. The number of nitrogens with one attached hydrogen (secondary N) is 1. The van der Waals surface area contributed by atoms with Crippen molar-refractivity contribution in [1.82, 2.24) is 10.3 Å². The van der Waals surface area contributed by atoms with Crippen molar-refractivity contribution >= 4 is 11.6 Å². The molecule has 14 heavy (non-hydrogen) atoms. The van der Waals surface area contributed by atoms with Crippen LogP contribution in [0.2, 0.25) is 0 Å². The van der Waals surface area contributed by atoms with Gasteiger partial charge in [0.25, 0.3) is 5.91 Å². The van der Waals surface area contributed by atoms with Crippen LogP contribution in [0.4, 0.5) is 5.69 Å². The Morgan fingerprint density at radius 1 is 1.57 bits per heavy atom. The molecule has 1 aromatic rings. The van der Waals surface area contributed by atoms with E-state index in [9.17, 15) is 4.79 Å². The van der Waals surface area contributed by atoms with E-state index in [0.717, 1.165) is 0 Å². The van der Waals surface area contributed by atoms with Crippen molar-refractivity contribution in [3.8, 4) is 0 Å². The maximum atomic E-state index is 11.3. The molecule has 5 heteroatoms. The third-order valence-electron chi connectivity index (χ3n) is 1.64. The number of carbonyl (C=O) groups excluding carboxylic acids is 1. The number of nitrogens with zero attached hydrogens (tertiary/aromatic N) is 1. The van der Waals surface area contributed by atoms with Crippen LogP contribution in [-0.4, -0.2) is 29.1 Å². The monoisotopic (exact) mass is 195 g/mol. The summed E-state index contributed by atoms with van der Waals surface area (Å²) in [6.07, 6.45) is 1.97. The highest BCUT2D eigenvalue weighted by atomic mass is 16.3. The zero-order chi connectivity index (χ0) is 10.4. The van der Waals surface area contributed by atoms with Gasteiger partial charge in [-0.2, -0.15) is 0 Å². The van der Waals surface area contributed by atoms with E-state index in [0.29, 0.717) is 24.3 Å². The fourth-order valence-electron chi connectivity index (χ4n) is 0.911. The highest BCUT2D eigenvalue weighted by Gasteiger charge is 2.04. The second-order valence-corrected chi connectivity index (χ2v) is 2.81. The summed E-state index contributed by atoms with van der Waals surface area (Å²) in [6.45, 7) is 0.511. The Morgan fingerprint density at radius 3 is 2.93 bits per heavy atom. The number of hydrogen-bond acceptors (Lipinski definition) is 4. The summed E-state index contributed by atoms with van der Waals surface area (Å²) < 4.78 is 0. The Hall–Kier alpha value is -1.62. The molecule has 0 bridgehead atoms. The summed E-state index contributed by atoms with van der Waals surface area (Å²) in [5.74, 6) is -0.251. The summed E-state index contributed by atoms with van der Waals surface area (Å²) in [6, 6.07) is 3.18. The van der Waals surface area contributed by atoms with Crippen molar-refractivity contribution in [1.29, 1.82) is 0 Å². The SMILES string of the molecule is Nc1ccc(C(=O)NCCCO)nc1. The number of pyridine rings is 1. The fraction of sp³-hybridized carbons (Fsp3) is 0.333. The van der Waals surface area contributed by atoms with Gasteiger partial charge in [-0.3, -0.25) is 4.79 Å². The van der Waals surface area contributed by atoms with Crippen molar-refractivity contribution < 1.29 is 9.90 Å². The number of anilines is 1. The molecule has 1 rings (SSSR count). The summed E-state index contributed by atoms with van der Waals surface area (Å²) in [5.41, 5.74) is 6.28. The first kappa shape index (κ1) is 10.5. The van der Waals surface area contributed by atoms with Crippen molar-refractivity contribution in [2.45, 2.75) is 6.42 Å². The van der Waals surface area contributed by atoms with Crippen molar-refractivity contribution in [3.63, 3.8) is 0 Å². The summed E-state index contributed by atoms with van der Waals surface area (Å²) >= 11 is 0. The normalized spacial score (nSPS) is 9.79. The van der Waals surface area contributed by atoms with Crippen LogP contribution < -0.4 is 11.1 Å². The molecule has 0 aliphatic heterocycles. The molecule has 5 nitrogen and oxygen atoms in total. The molecule has 0 unspecified atom stereocenters. The first-order valence-corrected chi connectivity index (χ1v) is 4.34. The molecule has 0 spiro atoms. The Morgan fingerprint density at radius 2 is 2.36 bits per heavy atom. The molecule has 0 aliphatic rings. The molecule has 1 aromatic heterocycles. The van der Waals surface area contributed by atoms with Crippen molar-refractivity contribution in [2.75, 3.05) is 18.9 Å². The van der Waals surface area contributed by atoms with Gasteiger partial charge in [0.15, 0.2) is 0 Å². The van der Waals surface area contributed by atoms with E-state index in [4.69, 9.17) is 10.8 Å². The van der Waals surface area contributed by atoms with Gasteiger partial charge < -0.3 is 16.2 Å². The molecule has 0 fully saturated rings. The molecule has 0 saturated carbocycles. The van der Waals surface area contributed by atoms with E-state index in [2.05, 4.69) is 10.3 Å². The van der Waals surface area contributed by atoms with Gasteiger partial charge >= 0.3 is 0 Å². The first-order chi connectivity index (χ1) is 6.74. The fourth-order valence-corrected chi connectivity index (χ4v) is 0.911. The second kappa shape index (κ2) is 5.18. The van der Waals surface area contributed by atoms with Gasteiger partial charge in [0.05, 0.1) is 11.9 Å². The minimum absolute atomic E-state index is 0.0649. The van der Waals surface area contributed by atoms with Crippen LogP contribution in [0.5, 0.6) is 0 Å². The van der Waals surface area contributed by atoms with Gasteiger partial charge in [0.1, 0.15) is 5.69 Å². The maximum absolute atomic E-state index is 11.3. The topological polar surface area (TPSA) is 88.2 Å². The zero-order valence-corrected chi connectivity index (χ0v) is 7.73. The molecule has 4 N–H and O–H groups in total. The minimum atomic E-state index is -0.251. The van der Waals surface area contributed by atoms with Gasteiger partial charge in [-0.25, -0.2) is 4.98 Å². The van der Waals surface area contributed by atoms with Gasteiger partial charge in [-0.05, 0) is 18.6 Å². The molecule has 76 valence electrons. The highest BCUT2D eigenvalue weighted by molar-refractivity contribution is 5.92. The number of rotatable bonds is 4. The second-order valence-electron chi connectivity index (χ2n) is 2.81. The summed E-state index contributed by atoms with van der Waals surface area (Å²) in [4.78, 5) is 15.2. The lowest BCUT2D eigenvalue weighted by atomic mass is 10.3. The van der Waals surface area contributed by atoms with E-state index >= 15 is 0 Å². The van der Waals surface area contributed by atoms with E-state index < -0.39 is 0 Å². The third kappa shape index (κ3) is 3.02. The Labute approximate surface area is 82.0 Å². The number of aliphatic hydroxyl groups is 1. The van der Waals surface area contributed by atoms with E-state index in [1.807, 2.05) is 0 Å². The number of carbonyl (C=O) groups is 1. The zero-order valence-electron chi connectivity index (χ0n) is 7.73. The van der Waals surface area contributed by atoms with Gasteiger partial charge in [0.2, 0.25) is 0 Å². The third-order valence-corrected chi connectivity index (χ3v) is 1.64. The highest BCUT2D eigenvalue weighted by Crippen LogP contribution is 2.00. The Bertz CT molecular complexity index is 297. The van der Waals surface area contributed by atoms with E-state index in [1.54, 1.807) is 12.1 Å². The molecule has 1 heterocycles. The smallest absolute Gasteiger partial charge is 0.269 e. The molecule has 0 atom stereocenters. The van der Waals surface area contributed by atoms with Crippen LogP contribution in [-0.2, 0) is 0 Å². The van der Waals surface area contributed by atoms with E-state index in [-0.39, 0.29) is 12.5 Å². The lowest BCUT2D eigenvalue weighted by Crippen LogP contribution is -2.25. The lowest BCUT2D eigenvalue weighted by Gasteiger charge is -2.02. The van der Waals surface area contributed by atoms with E-state index in [1.165, 1.54) is 6.20 Å². The van der Waals surface area contributed by atoms with Crippen LogP contribution in [0.25, 0.3) is 0 Å². The Balaban J connectivity index is 2.48. The minimum Gasteiger partial charge on any atom is -0.397 e. The van der Waals surface area contributed by atoms with Crippen LogP contribution in [0.3, 0.4) is 0 Å². The van der Waals surface area contributed by atoms with Gasteiger partial charge in [0, 0.05) is 13.2 Å². The largest absolute Gasteiger partial charge is 0.397 e. The molecule has 0 aliphatic carbocycles. The van der Waals surface area contributed by atoms with Crippen molar-refractivity contribution in [3.05, 3.63) is 24.0 Å². The lowest BCUT2D eigenvalue weighted by molar-refractivity contribution is 0.0946. The average Bonchev–Trinajstić information content (AvgIpc) is 2.19. The van der Waals surface area contributed by atoms with Crippen molar-refractivity contribution in [2.24, 2.45) is 0 Å². The number of aromatic nitrogens is 1. The number of amides is 1. The molecule has 1 amide bonds. The molecular weight excluding hydrogens is 182 g/mol. The van der Waals surface area contributed by atoms with Crippen LogP contribution in [0, 0.1) is 0 Å². The summed E-state index contributed by atoms with van der Waals surface area (Å²) in [5, 5.41) is 11.1. The Kier molecular flexibility index (Phi) is 3.87. The number of nitrogens with two attached hydrogens (primary N) is 1. The molecule has 0 aromatic carbocycles. The molecular formula is C9H13N3O2. The first-order valence-electron chi connectivity index (χ1n) is 4.34. The quantitative estimate of drug-likeness (QED) is 0.579. The predicted molar refractivity (Wildman–Crippen MR) is 52.7 cm³/mol. The van der Waals surface area contributed by atoms with Gasteiger partial charge in [-0.1, -0.05) is 0 Å². The number of aliphatic hydroxyl groups excluding tert-OH is 1. The standard InChI is InChI=1S/C9H13N3O2/c10-7-2-3-8(12-6-7)9(14)11-4-1-5-13/h2-3,6,13H,1,4-5,10H2,(H,11,14). The predicted octanol–water partition coefficient (Wildman–Crippen LogP) is -0.224. The average molecular weight is 195 g/mol. The number of nitrogen functional groups attached to an aromatic ring is 1. The molecule has 0 saturated heterocycles. The van der Waals surface area contributed by atoms with Crippen LogP contribution in [0.15, 0.2) is 18.3 Å². The van der Waals surface area contributed by atoms with Crippen LogP contribution in [0.1, 0.15) is 16.9 Å². The van der Waals surface area contributed by atoms with Gasteiger partial charge in [-0.15, -0.1) is 0 Å². The molecule has 0 radical (unpaired) electrons. The number of hydrogen-bond donors (Lipinski definition) is 3. The summed E-state index contributed by atoms with van der Waals surface area (Å²) in [7, 11) is 0. The van der Waals surface area contributed by atoms with Crippen LogP contribution >= 0.6 is 0 Å².